The van der Waals surface area contributed by atoms with Gasteiger partial charge in [-0.3, -0.25) is 9.59 Å². The minimum atomic E-state index is 0.0879. The molecule has 7 nitrogen and oxygen atoms in total. The molecule has 132 valence electrons. The molecule has 1 aromatic heterocycles. The fraction of sp³-hybridized carbons (Fsp3) is 0.444. The number of aryl methyl sites for hydroxylation is 1. The van der Waals surface area contributed by atoms with Crippen LogP contribution in [0, 0.1) is 6.92 Å². The number of ketones is 1. The molecule has 0 spiro atoms. The largest absolute Gasteiger partial charge is 0.408 e. The van der Waals surface area contributed by atoms with E-state index in [0.29, 0.717) is 62.9 Å². The van der Waals surface area contributed by atoms with Crippen molar-refractivity contribution in [3.05, 3.63) is 41.8 Å². The number of carbonyl (C=O) groups is 2. The Morgan fingerprint density at radius 1 is 1.04 bits per heavy atom. The molecule has 0 unspecified atom stereocenters. The van der Waals surface area contributed by atoms with Gasteiger partial charge in [-0.2, -0.15) is 0 Å². The van der Waals surface area contributed by atoms with Gasteiger partial charge in [-0.05, 0) is 6.42 Å². The second-order valence-corrected chi connectivity index (χ2v) is 6.11. The summed E-state index contributed by atoms with van der Waals surface area (Å²) in [7, 11) is 0. The van der Waals surface area contributed by atoms with Crippen LogP contribution in [0.4, 0.5) is 6.01 Å². The molecule has 1 amide bonds. The summed E-state index contributed by atoms with van der Waals surface area (Å²) < 4.78 is 5.41. The number of nitrogens with zero attached hydrogens (tertiary/aromatic N) is 4. The van der Waals surface area contributed by atoms with Gasteiger partial charge in [-0.15, -0.1) is 5.10 Å². The Labute approximate surface area is 146 Å². The van der Waals surface area contributed by atoms with E-state index in [4.69, 9.17) is 4.42 Å². The van der Waals surface area contributed by atoms with Crippen molar-refractivity contribution in [3.8, 4) is 0 Å². The first-order valence-electron chi connectivity index (χ1n) is 8.54. The maximum atomic E-state index is 12.3. The van der Waals surface area contributed by atoms with Gasteiger partial charge in [0.15, 0.2) is 5.78 Å². The molecule has 25 heavy (non-hydrogen) atoms. The minimum absolute atomic E-state index is 0.0879. The van der Waals surface area contributed by atoms with Crippen LogP contribution < -0.4 is 4.90 Å². The molecule has 7 heteroatoms. The van der Waals surface area contributed by atoms with Crippen LogP contribution in [0.15, 0.2) is 34.7 Å². The number of hydrogen-bond acceptors (Lipinski definition) is 6. The molecule has 0 radical (unpaired) electrons. The van der Waals surface area contributed by atoms with E-state index in [1.54, 1.807) is 6.92 Å². The first-order valence-corrected chi connectivity index (χ1v) is 8.54. The molecule has 3 rings (SSSR count). The van der Waals surface area contributed by atoms with E-state index in [9.17, 15) is 9.59 Å². The highest BCUT2D eigenvalue weighted by molar-refractivity contribution is 5.96. The summed E-state index contributed by atoms with van der Waals surface area (Å²) in [6.45, 7) is 4.37. The molecule has 2 heterocycles. The van der Waals surface area contributed by atoms with Crippen molar-refractivity contribution in [1.82, 2.24) is 15.1 Å². The van der Waals surface area contributed by atoms with Gasteiger partial charge in [0.2, 0.25) is 11.8 Å². The maximum Gasteiger partial charge on any atom is 0.318 e. The van der Waals surface area contributed by atoms with E-state index >= 15 is 0 Å². The number of piperazine rings is 1. The van der Waals surface area contributed by atoms with Crippen molar-refractivity contribution in [2.24, 2.45) is 0 Å². The lowest BCUT2D eigenvalue weighted by molar-refractivity contribution is -0.131. The zero-order chi connectivity index (χ0) is 17.6. The second kappa shape index (κ2) is 7.92. The minimum Gasteiger partial charge on any atom is -0.408 e. The van der Waals surface area contributed by atoms with E-state index in [-0.39, 0.29) is 11.7 Å². The highest BCUT2D eigenvalue weighted by Gasteiger charge is 2.23. The van der Waals surface area contributed by atoms with Crippen LogP contribution in [0.5, 0.6) is 0 Å². The summed E-state index contributed by atoms with van der Waals surface area (Å²) >= 11 is 0. The quantitative estimate of drug-likeness (QED) is 0.748. The summed E-state index contributed by atoms with van der Waals surface area (Å²) in [5.74, 6) is 0.726. The fourth-order valence-electron chi connectivity index (χ4n) is 2.89. The molecule has 1 aliphatic heterocycles. The van der Waals surface area contributed by atoms with Crippen LogP contribution in [-0.4, -0.2) is 53.0 Å². The van der Waals surface area contributed by atoms with E-state index in [2.05, 4.69) is 10.2 Å². The van der Waals surface area contributed by atoms with Crippen molar-refractivity contribution >= 4 is 17.7 Å². The summed E-state index contributed by atoms with van der Waals surface area (Å²) in [6, 6.07) is 9.71. The van der Waals surface area contributed by atoms with Gasteiger partial charge < -0.3 is 14.2 Å². The van der Waals surface area contributed by atoms with Gasteiger partial charge in [0.25, 0.3) is 0 Å². The van der Waals surface area contributed by atoms with Crippen LogP contribution in [-0.2, 0) is 4.79 Å². The first kappa shape index (κ1) is 17.1. The van der Waals surface area contributed by atoms with Gasteiger partial charge >= 0.3 is 6.01 Å². The van der Waals surface area contributed by atoms with Crippen molar-refractivity contribution in [2.75, 3.05) is 31.1 Å². The van der Waals surface area contributed by atoms with E-state index in [1.165, 1.54) is 0 Å². The SMILES string of the molecule is Cc1nnc(N2CCN(C(=O)CCCC(=O)c3ccccc3)CC2)o1. The Morgan fingerprint density at radius 3 is 2.40 bits per heavy atom. The van der Waals surface area contributed by atoms with Gasteiger partial charge in [-0.25, -0.2) is 0 Å². The lowest BCUT2D eigenvalue weighted by atomic mass is 10.1. The number of hydrogen-bond donors (Lipinski definition) is 0. The second-order valence-electron chi connectivity index (χ2n) is 6.11. The Kier molecular flexibility index (Phi) is 5.42. The molecule has 0 saturated carbocycles. The molecule has 0 bridgehead atoms. The van der Waals surface area contributed by atoms with Crippen LogP contribution in [0.1, 0.15) is 35.5 Å². The monoisotopic (exact) mass is 342 g/mol. The lowest BCUT2D eigenvalue weighted by Gasteiger charge is -2.33. The molecule has 0 aliphatic carbocycles. The predicted octanol–water partition coefficient (Wildman–Crippen LogP) is 2.08. The highest BCUT2D eigenvalue weighted by atomic mass is 16.4. The van der Waals surface area contributed by atoms with Crippen molar-refractivity contribution in [2.45, 2.75) is 26.2 Å². The molecule has 2 aromatic rings. The fourth-order valence-corrected chi connectivity index (χ4v) is 2.89. The molecule has 0 atom stereocenters. The van der Waals surface area contributed by atoms with Crippen molar-refractivity contribution in [3.63, 3.8) is 0 Å². The smallest absolute Gasteiger partial charge is 0.318 e. The van der Waals surface area contributed by atoms with Gasteiger partial charge in [0.05, 0.1) is 0 Å². The third-order valence-corrected chi connectivity index (χ3v) is 4.31. The lowest BCUT2D eigenvalue weighted by Crippen LogP contribution is -2.48. The Balaban J connectivity index is 1.40. The summed E-state index contributed by atoms with van der Waals surface area (Å²) in [5.41, 5.74) is 0.707. The number of carbonyl (C=O) groups excluding carboxylic acids is 2. The average molecular weight is 342 g/mol. The number of Topliss-reactive ketones (excluding diaryl/α,β-unsaturated/α-hetero) is 1. The number of anilines is 1. The van der Waals surface area contributed by atoms with Crippen LogP contribution in [0.25, 0.3) is 0 Å². The molecular weight excluding hydrogens is 320 g/mol. The van der Waals surface area contributed by atoms with E-state index in [1.807, 2.05) is 40.1 Å². The van der Waals surface area contributed by atoms with E-state index < -0.39 is 0 Å². The van der Waals surface area contributed by atoms with Crippen LogP contribution in [0.3, 0.4) is 0 Å². The third-order valence-electron chi connectivity index (χ3n) is 4.31. The number of aromatic nitrogens is 2. The van der Waals surface area contributed by atoms with E-state index in [0.717, 1.165) is 0 Å². The number of benzene rings is 1. The Hall–Kier alpha value is -2.70. The molecule has 0 N–H and O–H groups in total. The van der Waals surface area contributed by atoms with Crippen LogP contribution >= 0.6 is 0 Å². The zero-order valence-corrected chi connectivity index (χ0v) is 14.4. The molecule has 1 aromatic carbocycles. The summed E-state index contributed by atoms with van der Waals surface area (Å²) in [6.07, 6.45) is 1.38. The Bertz CT molecular complexity index is 721. The molecular formula is C18H22N4O3. The predicted molar refractivity (Wildman–Crippen MR) is 92.5 cm³/mol. The van der Waals surface area contributed by atoms with Gasteiger partial charge in [-0.1, -0.05) is 35.4 Å². The highest BCUT2D eigenvalue weighted by Crippen LogP contribution is 2.15. The van der Waals surface area contributed by atoms with Crippen molar-refractivity contribution < 1.29 is 14.0 Å². The normalized spacial score (nSPS) is 14.6. The van der Waals surface area contributed by atoms with Gasteiger partial charge in [0.1, 0.15) is 0 Å². The molecule has 1 aliphatic rings. The van der Waals surface area contributed by atoms with Crippen molar-refractivity contribution in [1.29, 1.82) is 0 Å². The number of rotatable bonds is 6. The molecule has 1 saturated heterocycles. The number of amides is 1. The van der Waals surface area contributed by atoms with Gasteiger partial charge in [0, 0.05) is 51.5 Å². The van der Waals surface area contributed by atoms with Crippen LogP contribution in [0.2, 0.25) is 0 Å². The summed E-state index contributed by atoms with van der Waals surface area (Å²) in [5, 5.41) is 7.83. The standard InChI is InChI=1S/C18H22N4O3/c1-14-19-20-18(25-14)22-12-10-21(11-13-22)17(24)9-5-8-16(23)15-6-3-2-4-7-15/h2-4,6-7H,5,8-13H2,1H3. The molecule has 1 fully saturated rings. The zero-order valence-electron chi connectivity index (χ0n) is 14.4. The maximum absolute atomic E-state index is 12.3. The Morgan fingerprint density at radius 2 is 1.76 bits per heavy atom. The third kappa shape index (κ3) is 4.43. The average Bonchev–Trinajstić information content (AvgIpc) is 3.09. The summed E-state index contributed by atoms with van der Waals surface area (Å²) in [4.78, 5) is 28.2. The topological polar surface area (TPSA) is 79.5 Å². The first-order chi connectivity index (χ1) is 12.1.